The largest absolute Gasteiger partial charge is 0.378 e. The topological polar surface area (TPSA) is 50.4 Å². The Labute approximate surface area is 110 Å². The van der Waals surface area contributed by atoms with Gasteiger partial charge < -0.3 is 15.4 Å². The molecule has 0 radical (unpaired) electrons. The molecule has 2 rings (SSSR count). The summed E-state index contributed by atoms with van der Waals surface area (Å²) in [4.78, 5) is 11.8. The fourth-order valence-electron chi connectivity index (χ4n) is 2.99. The molecular formula is C14H26N2O2. The van der Waals surface area contributed by atoms with Crippen LogP contribution in [0.15, 0.2) is 0 Å². The van der Waals surface area contributed by atoms with E-state index in [9.17, 15) is 4.79 Å². The van der Waals surface area contributed by atoms with Gasteiger partial charge >= 0.3 is 0 Å². The average Bonchev–Trinajstić information content (AvgIpc) is 2.90. The fourth-order valence-corrected chi connectivity index (χ4v) is 2.99. The second-order valence-corrected chi connectivity index (χ2v) is 5.58. The van der Waals surface area contributed by atoms with Crippen LogP contribution in [0, 0.1) is 0 Å². The lowest BCUT2D eigenvalue weighted by atomic mass is 9.91. The van der Waals surface area contributed by atoms with Crippen LogP contribution < -0.4 is 10.6 Å². The summed E-state index contributed by atoms with van der Waals surface area (Å²) in [6.07, 6.45) is 8.68. The molecule has 1 unspecified atom stereocenters. The zero-order valence-electron chi connectivity index (χ0n) is 11.4. The molecule has 2 aliphatic rings. The van der Waals surface area contributed by atoms with Gasteiger partial charge in [-0.15, -0.1) is 0 Å². The van der Waals surface area contributed by atoms with Gasteiger partial charge in [0.2, 0.25) is 5.91 Å². The minimum Gasteiger partial charge on any atom is -0.378 e. The molecule has 4 nitrogen and oxygen atoms in total. The van der Waals surface area contributed by atoms with Crippen LogP contribution in [0.2, 0.25) is 0 Å². The molecule has 2 N–H and O–H groups in total. The van der Waals surface area contributed by atoms with E-state index in [1.165, 1.54) is 12.8 Å². The molecule has 1 saturated heterocycles. The lowest BCUT2D eigenvalue weighted by Crippen LogP contribution is -2.41. The predicted octanol–water partition coefficient (Wildman–Crippen LogP) is 1.59. The number of nitrogens with one attached hydrogen (secondary N) is 2. The summed E-state index contributed by atoms with van der Waals surface area (Å²) in [7, 11) is 2.02. The highest BCUT2D eigenvalue weighted by Crippen LogP contribution is 2.19. The van der Waals surface area contributed by atoms with Gasteiger partial charge in [-0.1, -0.05) is 0 Å². The number of ether oxygens (including phenoxy) is 1. The van der Waals surface area contributed by atoms with Gasteiger partial charge in [-0.05, 0) is 52.0 Å². The first-order chi connectivity index (χ1) is 8.78. The van der Waals surface area contributed by atoms with Gasteiger partial charge in [0.1, 0.15) is 0 Å². The molecule has 1 aliphatic heterocycles. The van der Waals surface area contributed by atoms with E-state index in [4.69, 9.17) is 4.74 Å². The van der Waals surface area contributed by atoms with Crippen molar-refractivity contribution in [1.82, 2.24) is 10.6 Å². The second-order valence-electron chi connectivity index (χ2n) is 5.58. The van der Waals surface area contributed by atoms with E-state index < -0.39 is 0 Å². The van der Waals surface area contributed by atoms with Crippen molar-refractivity contribution in [2.45, 2.75) is 69.6 Å². The van der Waals surface area contributed by atoms with Gasteiger partial charge in [0, 0.05) is 25.1 Å². The van der Waals surface area contributed by atoms with Crippen LogP contribution in [0.3, 0.4) is 0 Å². The molecule has 18 heavy (non-hydrogen) atoms. The van der Waals surface area contributed by atoms with E-state index in [1.54, 1.807) is 0 Å². The monoisotopic (exact) mass is 254 g/mol. The van der Waals surface area contributed by atoms with Crippen molar-refractivity contribution in [1.29, 1.82) is 0 Å². The second kappa shape index (κ2) is 7.10. The Bertz CT molecular complexity index is 257. The van der Waals surface area contributed by atoms with Crippen molar-refractivity contribution in [3.63, 3.8) is 0 Å². The van der Waals surface area contributed by atoms with Crippen molar-refractivity contribution in [2.75, 3.05) is 13.7 Å². The molecule has 0 aromatic heterocycles. The molecule has 1 amide bonds. The highest BCUT2D eigenvalue weighted by atomic mass is 16.5. The zero-order valence-corrected chi connectivity index (χ0v) is 11.4. The van der Waals surface area contributed by atoms with E-state index in [-0.39, 0.29) is 5.91 Å². The number of rotatable bonds is 5. The van der Waals surface area contributed by atoms with E-state index in [0.29, 0.717) is 24.6 Å². The number of amides is 1. The predicted molar refractivity (Wildman–Crippen MR) is 71.5 cm³/mol. The third-order valence-corrected chi connectivity index (χ3v) is 4.22. The normalized spacial score (nSPS) is 32.4. The van der Waals surface area contributed by atoms with Crippen LogP contribution in [0.5, 0.6) is 0 Å². The quantitative estimate of drug-likeness (QED) is 0.783. The third kappa shape index (κ3) is 4.25. The summed E-state index contributed by atoms with van der Waals surface area (Å²) in [6.45, 7) is 0.875. The van der Waals surface area contributed by atoms with Gasteiger partial charge in [0.15, 0.2) is 0 Å². The minimum absolute atomic E-state index is 0.207. The Morgan fingerprint density at radius 2 is 1.89 bits per heavy atom. The van der Waals surface area contributed by atoms with E-state index in [1.807, 2.05) is 7.05 Å². The maximum Gasteiger partial charge on any atom is 0.220 e. The molecule has 0 aromatic carbocycles. The van der Waals surface area contributed by atoms with Crippen molar-refractivity contribution < 1.29 is 9.53 Å². The number of carbonyl (C=O) groups excluding carboxylic acids is 1. The van der Waals surface area contributed by atoms with Crippen molar-refractivity contribution in [3.8, 4) is 0 Å². The van der Waals surface area contributed by atoms with Crippen LogP contribution in [-0.4, -0.2) is 37.7 Å². The maximum absolute atomic E-state index is 11.8. The zero-order chi connectivity index (χ0) is 12.8. The maximum atomic E-state index is 11.8. The fraction of sp³-hybridized carbons (Fsp3) is 0.929. The van der Waals surface area contributed by atoms with Crippen molar-refractivity contribution in [2.24, 2.45) is 0 Å². The Morgan fingerprint density at radius 1 is 1.17 bits per heavy atom. The lowest BCUT2D eigenvalue weighted by molar-refractivity contribution is -0.122. The molecule has 2 fully saturated rings. The molecule has 1 aliphatic carbocycles. The molecular weight excluding hydrogens is 228 g/mol. The highest BCUT2D eigenvalue weighted by Gasteiger charge is 2.22. The number of hydrogen-bond donors (Lipinski definition) is 2. The molecule has 104 valence electrons. The standard InChI is InChI=1S/C14H26N2O2/c1-15-11-4-6-12(7-5-11)16-14(17)9-8-13-3-2-10-18-13/h11-13,15H,2-10H2,1H3,(H,16,17). The summed E-state index contributed by atoms with van der Waals surface area (Å²) >= 11 is 0. The Balaban J connectivity index is 1.59. The first-order valence-electron chi connectivity index (χ1n) is 7.36. The van der Waals surface area contributed by atoms with E-state index >= 15 is 0 Å². The molecule has 1 atom stereocenters. The van der Waals surface area contributed by atoms with Gasteiger partial charge in [-0.25, -0.2) is 0 Å². The first kappa shape index (κ1) is 13.8. The van der Waals surface area contributed by atoms with Crippen molar-refractivity contribution >= 4 is 5.91 Å². The molecule has 1 heterocycles. The van der Waals surface area contributed by atoms with Crippen LogP contribution in [0.25, 0.3) is 0 Å². The van der Waals surface area contributed by atoms with E-state index in [0.717, 1.165) is 38.7 Å². The molecule has 0 aromatic rings. The van der Waals surface area contributed by atoms with Gasteiger partial charge in [-0.3, -0.25) is 4.79 Å². The van der Waals surface area contributed by atoms with Crippen LogP contribution in [-0.2, 0) is 9.53 Å². The minimum atomic E-state index is 0.207. The summed E-state index contributed by atoms with van der Waals surface area (Å²) in [6, 6.07) is 1.04. The third-order valence-electron chi connectivity index (χ3n) is 4.22. The van der Waals surface area contributed by atoms with Crippen LogP contribution in [0.4, 0.5) is 0 Å². The summed E-state index contributed by atoms with van der Waals surface area (Å²) in [5.74, 6) is 0.207. The van der Waals surface area contributed by atoms with Gasteiger partial charge in [-0.2, -0.15) is 0 Å². The van der Waals surface area contributed by atoms with Gasteiger partial charge in [0.25, 0.3) is 0 Å². The van der Waals surface area contributed by atoms with Crippen LogP contribution in [0.1, 0.15) is 51.4 Å². The lowest BCUT2D eigenvalue weighted by Gasteiger charge is -2.28. The highest BCUT2D eigenvalue weighted by molar-refractivity contribution is 5.76. The molecule has 1 saturated carbocycles. The smallest absolute Gasteiger partial charge is 0.220 e. The van der Waals surface area contributed by atoms with Crippen molar-refractivity contribution in [3.05, 3.63) is 0 Å². The molecule has 0 bridgehead atoms. The number of hydrogen-bond acceptors (Lipinski definition) is 3. The Morgan fingerprint density at radius 3 is 2.50 bits per heavy atom. The molecule has 4 heteroatoms. The number of carbonyl (C=O) groups is 1. The van der Waals surface area contributed by atoms with E-state index in [2.05, 4.69) is 10.6 Å². The summed E-state index contributed by atoms with van der Waals surface area (Å²) in [5.41, 5.74) is 0. The van der Waals surface area contributed by atoms with Crippen LogP contribution >= 0.6 is 0 Å². The Hall–Kier alpha value is -0.610. The Kier molecular flexibility index (Phi) is 5.45. The summed E-state index contributed by atoms with van der Waals surface area (Å²) < 4.78 is 5.53. The van der Waals surface area contributed by atoms with Gasteiger partial charge in [0.05, 0.1) is 6.10 Å². The SMILES string of the molecule is CNC1CCC(NC(=O)CCC2CCCO2)CC1. The first-order valence-corrected chi connectivity index (χ1v) is 7.36. The summed E-state index contributed by atoms with van der Waals surface area (Å²) in [5, 5.41) is 6.48. The molecule has 0 spiro atoms. The average molecular weight is 254 g/mol.